The molecule has 0 heterocycles. The highest BCUT2D eigenvalue weighted by atomic mass is 15.1. The Morgan fingerprint density at radius 3 is 2.50 bits per heavy atom. The highest BCUT2D eigenvalue weighted by Gasteiger charge is 2.13. The zero-order valence-electron chi connectivity index (χ0n) is 7.63. The van der Waals surface area contributed by atoms with Crippen molar-refractivity contribution < 1.29 is 0 Å². The number of hydrazone groups is 1. The number of nitrogens with two attached hydrogens (primary N) is 2. The highest BCUT2D eigenvalue weighted by Crippen LogP contribution is 2.26. The normalized spacial score (nSPS) is 21.2. The third-order valence-corrected chi connectivity index (χ3v) is 2.70. The number of hydrogen-bond donors (Lipinski definition) is 2. The van der Waals surface area contributed by atoms with E-state index in [9.17, 15) is 0 Å². The Labute approximate surface area is 74.2 Å². The summed E-state index contributed by atoms with van der Waals surface area (Å²) in [6.07, 6.45) is 9.00. The van der Waals surface area contributed by atoms with E-state index in [4.69, 9.17) is 11.6 Å². The summed E-state index contributed by atoms with van der Waals surface area (Å²) in [7, 11) is 0. The van der Waals surface area contributed by atoms with Crippen molar-refractivity contribution in [3.63, 3.8) is 0 Å². The van der Waals surface area contributed by atoms with Crippen LogP contribution in [0.2, 0.25) is 0 Å². The molecule has 0 radical (unpaired) electrons. The predicted molar refractivity (Wildman–Crippen MR) is 51.6 cm³/mol. The van der Waals surface area contributed by atoms with E-state index in [1.165, 1.54) is 38.5 Å². The van der Waals surface area contributed by atoms with Gasteiger partial charge < -0.3 is 11.6 Å². The second-order valence-corrected chi connectivity index (χ2v) is 3.66. The summed E-state index contributed by atoms with van der Waals surface area (Å²) in [5.41, 5.74) is 5.52. The highest BCUT2D eigenvalue weighted by molar-refractivity contribution is 5.79. The third-order valence-electron chi connectivity index (χ3n) is 2.70. The minimum absolute atomic E-state index is 0.598. The molecule has 0 aliphatic heterocycles. The van der Waals surface area contributed by atoms with Gasteiger partial charge in [0.1, 0.15) is 5.84 Å². The zero-order chi connectivity index (χ0) is 8.81. The molecule has 0 atom stereocenters. The first-order valence-corrected chi connectivity index (χ1v) is 4.85. The molecule has 0 spiro atoms. The van der Waals surface area contributed by atoms with Gasteiger partial charge in [0, 0.05) is 6.42 Å². The molecule has 3 heteroatoms. The first-order valence-electron chi connectivity index (χ1n) is 4.85. The minimum atomic E-state index is 0.598. The first kappa shape index (κ1) is 9.36. The fourth-order valence-corrected chi connectivity index (χ4v) is 1.89. The van der Waals surface area contributed by atoms with Gasteiger partial charge >= 0.3 is 0 Å². The van der Waals surface area contributed by atoms with E-state index in [2.05, 4.69) is 5.10 Å². The number of amidine groups is 1. The molecule has 0 aromatic heterocycles. The summed E-state index contributed by atoms with van der Waals surface area (Å²) in [5, 5.41) is 3.47. The van der Waals surface area contributed by atoms with Crippen LogP contribution in [0.15, 0.2) is 5.10 Å². The van der Waals surface area contributed by atoms with Crippen molar-refractivity contribution in [2.24, 2.45) is 22.6 Å². The number of hydrogen-bond acceptors (Lipinski definition) is 2. The summed E-state index contributed by atoms with van der Waals surface area (Å²) in [6.45, 7) is 0. The summed E-state index contributed by atoms with van der Waals surface area (Å²) in [5.74, 6) is 6.52. The average Bonchev–Trinajstić information content (AvgIpc) is 2.16. The van der Waals surface area contributed by atoms with Gasteiger partial charge in [0.25, 0.3) is 0 Å². The van der Waals surface area contributed by atoms with Gasteiger partial charge in [0.2, 0.25) is 0 Å². The van der Waals surface area contributed by atoms with Crippen LogP contribution in [0.25, 0.3) is 0 Å². The predicted octanol–water partition coefficient (Wildman–Crippen LogP) is 1.58. The molecule has 12 heavy (non-hydrogen) atoms. The average molecular weight is 169 g/mol. The van der Waals surface area contributed by atoms with Crippen molar-refractivity contribution in [2.45, 2.75) is 44.9 Å². The van der Waals surface area contributed by atoms with Gasteiger partial charge in [-0.2, -0.15) is 5.10 Å². The number of nitrogens with zero attached hydrogens (tertiary/aromatic N) is 1. The van der Waals surface area contributed by atoms with Crippen molar-refractivity contribution in [3.8, 4) is 0 Å². The molecular weight excluding hydrogens is 150 g/mol. The lowest BCUT2D eigenvalue weighted by Gasteiger charge is -2.20. The van der Waals surface area contributed by atoms with Crippen LogP contribution in [0.5, 0.6) is 0 Å². The molecule has 1 saturated carbocycles. The Bertz CT molecular complexity index is 148. The van der Waals surface area contributed by atoms with Crippen molar-refractivity contribution in [1.29, 1.82) is 0 Å². The molecule has 1 rings (SSSR count). The molecule has 0 aromatic rings. The lowest BCUT2D eigenvalue weighted by atomic mass is 9.86. The van der Waals surface area contributed by atoms with Gasteiger partial charge in [0.05, 0.1) is 0 Å². The third kappa shape index (κ3) is 3.11. The summed E-state index contributed by atoms with van der Waals surface area (Å²) in [6, 6.07) is 0. The number of rotatable bonds is 3. The van der Waals surface area contributed by atoms with Crippen LogP contribution in [-0.2, 0) is 0 Å². The van der Waals surface area contributed by atoms with Crippen LogP contribution in [0.1, 0.15) is 44.9 Å². The quantitative estimate of drug-likeness (QED) is 0.291. The maximum atomic E-state index is 5.52. The Balaban J connectivity index is 2.13. The zero-order valence-corrected chi connectivity index (χ0v) is 7.63. The van der Waals surface area contributed by atoms with E-state index < -0.39 is 0 Å². The molecule has 0 bridgehead atoms. The molecule has 70 valence electrons. The Morgan fingerprint density at radius 2 is 1.92 bits per heavy atom. The molecule has 0 unspecified atom stereocenters. The van der Waals surface area contributed by atoms with Crippen molar-refractivity contribution in [1.82, 2.24) is 0 Å². The van der Waals surface area contributed by atoms with E-state index in [1.54, 1.807) is 0 Å². The maximum Gasteiger partial charge on any atom is 0.119 e. The molecule has 0 amide bonds. The van der Waals surface area contributed by atoms with Gasteiger partial charge in [-0.1, -0.05) is 32.1 Å². The van der Waals surface area contributed by atoms with E-state index in [-0.39, 0.29) is 0 Å². The fourth-order valence-electron chi connectivity index (χ4n) is 1.89. The summed E-state index contributed by atoms with van der Waals surface area (Å²) >= 11 is 0. The van der Waals surface area contributed by atoms with Crippen LogP contribution in [0.3, 0.4) is 0 Å². The van der Waals surface area contributed by atoms with E-state index in [0.717, 1.165) is 12.3 Å². The maximum absolute atomic E-state index is 5.52. The van der Waals surface area contributed by atoms with Gasteiger partial charge in [-0.05, 0) is 12.3 Å². The topological polar surface area (TPSA) is 64.4 Å². The molecule has 0 aromatic carbocycles. The van der Waals surface area contributed by atoms with Crippen LogP contribution < -0.4 is 11.6 Å². The molecule has 1 fully saturated rings. The lowest BCUT2D eigenvalue weighted by molar-refractivity contribution is 0.343. The largest absolute Gasteiger partial charge is 0.386 e. The smallest absolute Gasteiger partial charge is 0.119 e. The minimum Gasteiger partial charge on any atom is -0.386 e. The summed E-state index contributed by atoms with van der Waals surface area (Å²) < 4.78 is 0. The van der Waals surface area contributed by atoms with E-state index in [0.29, 0.717) is 5.84 Å². The van der Waals surface area contributed by atoms with E-state index >= 15 is 0 Å². The van der Waals surface area contributed by atoms with Gasteiger partial charge in [0.15, 0.2) is 0 Å². The second-order valence-electron chi connectivity index (χ2n) is 3.66. The fraction of sp³-hybridized carbons (Fsp3) is 0.889. The second kappa shape index (κ2) is 5.01. The monoisotopic (exact) mass is 169 g/mol. The Hall–Kier alpha value is -0.730. The SMILES string of the molecule is NN=C(N)CCC1CCCCC1. The van der Waals surface area contributed by atoms with Crippen LogP contribution >= 0.6 is 0 Å². The molecule has 1 aliphatic rings. The molecule has 1 aliphatic carbocycles. The Morgan fingerprint density at radius 1 is 1.25 bits per heavy atom. The molecule has 3 nitrogen and oxygen atoms in total. The standard InChI is InChI=1S/C9H19N3/c10-9(12-11)7-6-8-4-2-1-3-5-8/h8H,1-7,11H2,(H2,10,12). The molecular formula is C9H19N3. The van der Waals surface area contributed by atoms with E-state index in [1.807, 2.05) is 0 Å². The van der Waals surface area contributed by atoms with Gasteiger partial charge in [-0.25, -0.2) is 0 Å². The molecule has 4 N–H and O–H groups in total. The van der Waals surface area contributed by atoms with Crippen molar-refractivity contribution in [2.75, 3.05) is 0 Å². The van der Waals surface area contributed by atoms with Crippen molar-refractivity contribution >= 4 is 5.84 Å². The van der Waals surface area contributed by atoms with Crippen LogP contribution in [0.4, 0.5) is 0 Å². The Kier molecular flexibility index (Phi) is 3.91. The van der Waals surface area contributed by atoms with Gasteiger partial charge in [-0.3, -0.25) is 0 Å². The van der Waals surface area contributed by atoms with Crippen molar-refractivity contribution in [3.05, 3.63) is 0 Å². The molecule has 0 saturated heterocycles. The van der Waals surface area contributed by atoms with Crippen LogP contribution in [-0.4, -0.2) is 5.84 Å². The first-order chi connectivity index (χ1) is 5.83. The van der Waals surface area contributed by atoms with Crippen LogP contribution in [0, 0.1) is 5.92 Å². The lowest BCUT2D eigenvalue weighted by Crippen LogP contribution is -2.16. The summed E-state index contributed by atoms with van der Waals surface area (Å²) in [4.78, 5) is 0. The van der Waals surface area contributed by atoms with Gasteiger partial charge in [-0.15, -0.1) is 0 Å².